The van der Waals surface area contributed by atoms with Gasteiger partial charge in [-0.25, -0.2) is 0 Å². The van der Waals surface area contributed by atoms with Crippen molar-refractivity contribution in [2.45, 2.75) is 12.8 Å². The minimum absolute atomic E-state index is 0. The topological polar surface area (TPSA) is 63.3 Å². The molecule has 0 saturated carbocycles. The molecule has 0 atom stereocenters. The van der Waals surface area contributed by atoms with Crippen LogP contribution in [0, 0.1) is 0 Å². The van der Waals surface area contributed by atoms with Gasteiger partial charge in [0.2, 0.25) is 0 Å². The van der Waals surface area contributed by atoms with Gasteiger partial charge in [-0.05, 0) is 6.42 Å². The molecule has 0 aromatic heterocycles. The first-order valence-electron chi connectivity index (χ1n) is 2.31. The first-order valence-corrected chi connectivity index (χ1v) is 3.35. The molecule has 50 valence electrons. The zero-order valence-corrected chi connectivity index (χ0v) is 5.28. The number of hydrogen-bond acceptors (Lipinski definition) is 3. The standard InChI is InChI=1S/C4H9NO2S.Na.H/c5-8-3-1-2-4(6)7;;/h1-3,5H2,(H,6,7);;. The number of hydrogen-bond donors (Lipinski definition) is 2. The Morgan fingerprint density at radius 1 is 1.67 bits per heavy atom. The van der Waals surface area contributed by atoms with Gasteiger partial charge in [-0.1, -0.05) is 11.9 Å². The van der Waals surface area contributed by atoms with Gasteiger partial charge in [0.15, 0.2) is 0 Å². The fourth-order valence-corrected chi connectivity index (χ4v) is 0.618. The molecule has 0 radical (unpaired) electrons. The second-order valence-corrected chi connectivity index (χ2v) is 2.11. The molecule has 0 rings (SSSR count). The molecule has 0 aliphatic carbocycles. The van der Waals surface area contributed by atoms with Gasteiger partial charge in [-0.3, -0.25) is 9.93 Å². The molecule has 0 spiro atoms. The maximum absolute atomic E-state index is 9.82. The zero-order valence-electron chi connectivity index (χ0n) is 4.46. The van der Waals surface area contributed by atoms with Gasteiger partial charge in [0.1, 0.15) is 0 Å². The number of carboxylic acids is 1. The Balaban J connectivity index is 0. The van der Waals surface area contributed by atoms with Crippen LogP contribution in [-0.4, -0.2) is 46.4 Å². The SMILES string of the molecule is NSCCCC(=O)O.[NaH]. The second kappa shape index (κ2) is 8.78. The van der Waals surface area contributed by atoms with Crippen molar-refractivity contribution >= 4 is 47.5 Å². The Kier molecular flexibility index (Phi) is 12.2. The Bertz CT molecular complexity index is 81.0. The fourth-order valence-electron chi connectivity index (χ4n) is 0.307. The minimum atomic E-state index is -0.751. The van der Waals surface area contributed by atoms with Gasteiger partial charge >= 0.3 is 35.5 Å². The van der Waals surface area contributed by atoms with Crippen molar-refractivity contribution in [2.75, 3.05) is 5.75 Å². The van der Waals surface area contributed by atoms with E-state index >= 15 is 0 Å². The zero-order chi connectivity index (χ0) is 6.41. The summed E-state index contributed by atoms with van der Waals surface area (Å²) in [5.74, 6) is -0.0224. The molecular weight excluding hydrogens is 149 g/mol. The summed E-state index contributed by atoms with van der Waals surface area (Å²) in [7, 11) is 0. The normalized spacial score (nSPS) is 8.11. The Hall–Kier alpha value is 0.780. The van der Waals surface area contributed by atoms with E-state index in [1.807, 2.05) is 0 Å². The van der Waals surface area contributed by atoms with E-state index in [0.29, 0.717) is 6.42 Å². The van der Waals surface area contributed by atoms with Crippen LogP contribution >= 0.6 is 11.9 Å². The molecule has 0 heterocycles. The third-order valence-corrected chi connectivity index (χ3v) is 1.18. The summed E-state index contributed by atoms with van der Waals surface area (Å²) in [6.07, 6.45) is 0.890. The molecule has 0 aliphatic rings. The summed E-state index contributed by atoms with van der Waals surface area (Å²) in [6, 6.07) is 0. The van der Waals surface area contributed by atoms with Gasteiger partial charge in [0.25, 0.3) is 0 Å². The van der Waals surface area contributed by atoms with E-state index in [0.717, 1.165) is 5.75 Å². The Morgan fingerprint density at radius 3 is 2.56 bits per heavy atom. The summed E-state index contributed by atoms with van der Waals surface area (Å²) in [6.45, 7) is 0. The molecule has 5 heteroatoms. The number of aliphatic carboxylic acids is 1. The Labute approximate surface area is 80.8 Å². The van der Waals surface area contributed by atoms with E-state index in [1.165, 1.54) is 11.9 Å². The van der Waals surface area contributed by atoms with Crippen molar-refractivity contribution in [3.63, 3.8) is 0 Å². The third kappa shape index (κ3) is 12.1. The summed E-state index contributed by atoms with van der Waals surface area (Å²) >= 11 is 1.18. The maximum atomic E-state index is 9.82. The van der Waals surface area contributed by atoms with Crippen molar-refractivity contribution < 1.29 is 9.90 Å². The van der Waals surface area contributed by atoms with Gasteiger partial charge in [-0.2, -0.15) is 0 Å². The van der Waals surface area contributed by atoms with Crippen LogP contribution in [0.3, 0.4) is 0 Å². The van der Waals surface area contributed by atoms with Crippen LogP contribution in [0.5, 0.6) is 0 Å². The molecule has 0 aromatic rings. The molecule has 0 unspecified atom stereocenters. The molecule has 0 aromatic carbocycles. The van der Waals surface area contributed by atoms with Gasteiger partial charge in [0, 0.05) is 12.2 Å². The summed E-state index contributed by atoms with van der Waals surface area (Å²) < 4.78 is 0. The fraction of sp³-hybridized carbons (Fsp3) is 0.750. The third-order valence-electron chi connectivity index (χ3n) is 0.653. The number of carboxylic acid groups (broad SMARTS) is 1. The monoisotopic (exact) mass is 159 g/mol. The van der Waals surface area contributed by atoms with Gasteiger partial charge in [-0.15, -0.1) is 0 Å². The average molecular weight is 159 g/mol. The predicted octanol–water partition coefficient (Wildman–Crippen LogP) is -0.190. The van der Waals surface area contributed by atoms with Crippen LogP contribution in [0.2, 0.25) is 0 Å². The van der Waals surface area contributed by atoms with Crippen molar-refractivity contribution in [3.8, 4) is 0 Å². The second-order valence-electron chi connectivity index (χ2n) is 1.37. The van der Waals surface area contributed by atoms with E-state index in [1.54, 1.807) is 0 Å². The van der Waals surface area contributed by atoms with Crippen molar-refractivity contribution in [1.82, 2.24) is 0 Å². The molecule has 0 fully saturated rings. The van der Waals surface area contributed by atoms with Crippen LogP contribution in [0.15, 0.2) is 0 Å². The summed E-state index contributed by atoms with van der Waals surface area (Å²) in [5, 5.41) is 13.1. The average Bonchev–Trinajstić information content (AvgIpc) is 1.66. The first kappa shape index (κ1) is 12.5. The van der Waals surface area contributed by atoms with Crippen LogP contribution in [0.1, 0.15) is 12.8 Å². The molecular formula is C4H10NNaO2S. The van der Waals surface area contributed by atoms with E-state index in [4.69, 9.17) is 10.2 Å². The van der Waals surface area contributed by atoms with E-state index in [-0.39, 0.29) is 36.0 Å². The molecule has 9 heavy (non-hydrogen) atoms. The van der Waals surface area contributed by atoms with Crippen molar-refractivity contribution in [1.29, 1.82) is 0 Å². The van der Waals surface area contributed by atoms with Crippen LogP contribution in [0.25, 0.3) is 0 Å². The van der Waals surface area contributed by atoms with Gasteiger partial charge < -0.3 is 5.11 Å². The predicted molar refractivity (Wildman–Crippen MR) is 40.7 cm³/mol. The summed E-state index contributed by atoms with van der Waals surface area (Å²) in [5.41, 5.74) is 0. The molecule has 0 amide bonds. The van der Waals surface area contributed by atoms with Crippen molar-refractivity contribution in [3.05, 3.63) is 0 Å². The Morgan fingerprint density at radius 2 is 2.22 bits per heavy atom. The number of rotatable bonds is 4. The van der Waals surface area contributed by atoms with E-state index < -0.39 is 5.97 Å². The first-order chi connectivity index (χ1) is 3.77. The molecule has 3 N–H and O–H groups in total. The molecule has 3 nitrogen and oxygen atoms in total. The molecule has 0 bridgehead atoms. The molecule has 0 saturated heterocycles. The number of carbonyl (C=O) groups is 1. The summed E-state index contributed by atoms with van der Waals surface area (Å²) in [4.78, 5) is 9.82. The van der Waals surface area contributed by atoms with Crippen LogP contribution in [-0.2, 0) is 4.79 Å². The van der Waals surface area contributed by atoms with E-state index in [9.17, 15) is 4.79 Å². The van der Waals surface area contributed by atoms with Gasteiger partial charge in [0.05, 0.1) is 0 Å². The number of nitrogens with two attached hydrogens (primary N) is 1. The van der Waals surface area contributed by atoms with Crippen LogP contribution in [0.4, 0.5) is 0 Å². The molecule has 0 aliphatic heterocycles. The van der Waals surface area contributed by atoms with E-state index in [2.05, 4.69) is 0 Å². The van der Waals surface area contributed by atoms with Crippen LogP contribution < -0.4 is 5.14 Å². The van der Waals surface area contributed by atoms with Crippen molar-refractivity contribution in [2.24, 2.45) is 5.14 Å². The quantitative estimate of drug-likeness (QED) is 0.339.